The second-order valence-corrected chi connectivity index (χ2v) is 4.92. The number of nitrogens with zero attached hydrogens (tertiary/aromatic N) is 1. The fraction of sp³-hybridized carbons (Fsp3) is 0.250. The highest BCUT2D eigenvalue weighted by Gasteiger charge is 2.05. The minimum Gasteiger partial charge on any atom is -0.485 e. The van der Waals surface area contributed by atoms with Gasteiger partial charge >= 0.3 is 0 Å². The van der Waals surface area contributed by atoms with Gasteiger partial charge in [-0.25, -0.2) is 9.37 Å². The highest BCUT2D eigenvalue weighted by Crippen LogP contribution is 2.21. The number of ether oxygens (including phenoxy) is 1. The van der Waals surface area contributed by atoms with E-state index in [1.807, 2.05) is 6.92 Å². The number of thiazole rings is 1. The molecule has 0 aliphatic carbocycles. The monoisotopic (exact) mass is 252 g/mol. The number of nitrogens with two attached hydrogens (primary N) is 1. The molecule has 2 aromatic rings. The lowest BCUT2D eigenvalue weighted by molar-refractivity contribution is 0.293. The molecule has 1 aromatic heterocycles. The normalized spacial score (nSPS) is 10.5. The van der Waals surface area contributed by atoms with Gasteiger partial charge in [-0.05, 0) is 24.6 Å². The molecule has 3 nitrogen and oxygen atoms in total. The van der Waals surface area contributed by atoms with E-state index < -0.39 is 0 Å². The van der Waals surface area contributed by atoms with Crippen molar-refractivity contribution in [3.63, 3.8) is 0 Å². The Bertz CT molecular complexity index is 513. The van der Waals surface area contributed by atoms with E-state index in [9.17, 15) is 4.39 Å². The lowest BCUT2D eigenvalue weighted by Crippen LogP contribution is -1.99. The van der Waals surface area contributed by atoms with Crippen LogP contribution >= 0.6 is 11.3 Å². The summed E-state index contributed by atoms with van der Waals surface area (Å²) >= 11 is 1.54. The summed E-state index contributed by atoms with van der Waals surface area (Å²) in [4.78, 5) is 5.08. The van der Waals surface area contributed by atoms with Gasteiger partial charge < -0.3 is 10.5 Å². The molecule has 0 aliphatic heterocycles. The van der Waals surface area contributed by atoms with Crippen LogP contribution in [0.15, 0.2) is 24.4 Å². The Labute approximate surface area is 103 Å². The number of rotatable bonds is 4. The topological polar surface area (TPSA) is 48.1 Å². The molecule has 0 saturated carbocycles. The van der Waals surface area contributed by atoms with Crippen molar-refractivity contribution >= 4 is 11.3 Å². The summed E-state index contributed by atoms with van der Waals surface area (Å²) in [6, 6.07) is 4.76. The molecule has 0 saturated heterocycles. The fourth-order valence-corrected chi connectivity index (χ4v) is 2.12. The van der Waals surface area contributed by atoms with E-state index >= 15 is 0 Å². The Morgan fingerprint density at radius 3 is 2.88 bits per heavy atom. The van der Waals surface area contributed by atoms with Gasteiger partial charge in [-0.1, -0.05) is 6.07 Å². The van der Waals surface area contributed by atoms with E-state index in [1.165, 1.54) is 6.07 Å². The van der Waals surface area contributed by atoms with E-state index in [4.69, 9.17) is 10.5 Å². The molecule has 0 amide bonds. The molecule has 0 aliphatic rings. The highest BCUT2D eigenvalue weighted by molar-refractivity contribution is 7.11. The van der Waals surface area contributed by atoms with Crippen LogP contribution in [0.1, 0.15) is 15.4 Å². The van der Waals surface area contributed by atoms with Crippen LogP contribution in [-0.2, 0) is 13.2 Å². The van der Waals surface area contributed by atoms with Gasteiger partial charge in [0.25, 0.3) is 0 Å². The first-order valence-corrected chi connectivity index (χ1v) is 6.03. The summed E-state index contributed by atoms with van der Waals surface area (Å²) in [5.74, 6) is -0.137. The third kappa shape index (κ3) is 3.01. The van der Waals surface area contributed by atoms with Gasteiger partial charge in [-0.3, -0.25) is 0 Å². The summed E-state index contributed by atoms with van der Waals surface area (Å²) in [5.41, 5.74) is 6.18. The molecule has 0 radical (unpaired) electrons. The van der Waals surface area contributed by atoms with Crippen molar-refractivity contribution in [2.45, 2.75) is 20.1 Å². The first kappa shape index (κ1) is 12.0. The first-order chi connectivity index (χ1) is 8.19. The Kier molecular flexibility index (Phi) is 3.71. The van der Waals surface area contributed by atoms with Crippen LogP contribution in [0, 0.1) is 12.7 Å². The molecule has 1 heterocycles. The maximum absolute atomic E-state index is 13.6. The van der Waals surface area contributed by atoms with Crippen molar-refractivity contribution in [3.8, 4) is 5.75 Å². The quantitative estimate of drug-likeness (QED) is 0.910. The molecule has 0 fully saturated rings. The molecule has 0 bridgehead atoms. The SMILES string of the molecule is Cc1ncc(COc2ccc(CN)cc2F)s1. The average molecular weight is 252 g/mol. The van der Waals surface area contributed by atoms with Crippen molar-refractivity contribution in [1.29, 1.82) is 0 Å². The van der Waals surface area contributed by atoms with Crippen LogP contribution in [0.25, 0.3) is 0 Å². The standard InChI is InChI=1S/C12H13FN2OS/c1-8-15-6-10(17-8)7-16-12-3-2-9(5-14)4-11(12)13/h2-4,6H,5,7,14H2,1H3. The Hall–Kier alpha value is -1.46. The predicted molar refractivity (Wildman–Crippen MR) is 65.5 cm³/mol. The maximum atomic E-state index is 13.6. The molecule has 0 unspecified atom stereocenters. The van der Waals surface area contributed by atoms with Crippen molar-refractivity contribution < 1.29 is 9.13 Å². The number of halogens is 1. The minimum atomic E-state index is -0.380. The zero-order valence-corrected chi connectivity index (χ0v) is 10.3. The molecule has 0 atom stereocenters. The van der Waals surface area contributed by atoms with Crippen LogP contribution in [0.5, 0.6) is 5.75 Å². The van der Waals surface area contributed by atoms with Crippen LogP contribution in [-0.4, -0.2) is 4.98 Å². The second kappa shape index (κ2) is 5.25. The first-order valence-electron chi connectivity index (χ1n) is 5.21. The molecule has 1 aromatic carbocycles. The van der Waals surface area contributed by atoms with Gasteiger partial charge in [0, 0.05) is 12.7 Å². The number of hydrogen-bond acceptors (Lipinski definition) is 4. The van der Waals surface area contributed by atoms with Crippen LogP contribution in [0.4, 0.5) is 4.39 Å². The highest BCUT2D eigenvalue weighted by atomic mass is 32.1. The van der Waals surface area contributed by atoms with Crippen LogP contribution in [0.3, 0.4) is 0 Å². The van der Waals surface area contributed by atoms with Crippen LogP contribution < -0.4 is 10.5 Å². The largest absolute Gasteiger partial charge is 0.485 e. The maximum Gasteiger partial charge on any atom is 0.165 e. The lowest BCUT2D eigenvalue weighted by atomic mass is 10.2. The van der Waals surface area contributed by atoms with Crippen molar-refractivity contribution in [3.05, 3.63) is 45.7 Å². The van der Waals surface area contributed by atoms with E-state index in [0.717, 1.165) is 15.4 Å². The van der Waals surface area contributed by atoms with E-state index in [1.54, 1.807) is 29.7 Å². The lowest BCUT2D eigenvalue weighted by Gasteiger charge is -2.06. The summed E-state index contributed by atoms with van der Waals surface area (Å²) in [5, 5.41) is 0.975. The van der Waals surface area contributed by atoms with Crippen molar-refractivity contribution in [2.75, 3.05) is 0 Å². The summed E-state index contributed by atoms with van der Waals surface area (Å²) in [6.07, 6.45) is 1.74. The molecule has 2 N–H and O–H groups in total. The molecule has 5 heteroatoms. The number of aryl methyl sites for hydroxylation is 1. The zero-order valence-electron chi connectivity index (χ0n) is 9.44. The number of aromatic nitrogens is 1. The Morgan fingerprint density at radius 1 is 1.47 bits per heavy atom. The molecule has 17 heavy (non-hydrogen) atoms. The summed E-state index contributed by atoms with van der Waals surface area (Å²) in [6.45, 7) is 2.58. The Balaban J connectivity index is 2.04. The third-order valence-corrected chi connectivity index (χ3v) is 3.16. The smallest absolute Gasteiger partial charge is 0.165 e. The summed E-state index contributed by atoms with van der Waals surface area (Å²) < 4.78 is 18.9. The zero-order chi connectivity index (χ0) is 12.3. The van der Waals surface area contributed by atoms with Gasteiger partial charge in [0.15, 0.2) is 11.6 Å². The molecule has 0 spiro atoms. The number of hydrogen-bond donors (Lipinski definition) is 1. The van der Waals surface area contributed by atoms with Crippen LogP contribution in [0.2, 0.25) is 0 Å². The summed E-state index contributed by atoms with van der Waals surface area (Å²) in [7, 11) is 0. The molecular formula is C12H13FN2OS. The minimum absolute atomic E-state index is 0.244. The fourth-order valence-electron chi connectivity index (χ4n) is 1.41. The second-order valence-electron chi connectivity index (χ2n) is 3.60. The molecule has 90 valence electrons. The average Bonchev–Trinajstić information content (AvgIpc) is 2.73. The van der Waals surface area contributed by atoms with E-state index in [0.29, 0.717) is 13.2 Å². The van der Waals surface area contributed by atoms with E-state index in [-0.39, 0.29) is 11.6 Å². The van der Waals surface area contributed by atoms with Crippen molar-refractivity contribution in [1.82, 2.24) is 4.98 Å². The van der Waals surface area contributed by atoms with E-state index in [2.05, 4.69) is 4.98 Å². The van der Waals surface area contributed by atoms with Gasteiger partial charge in [0.2, 0.25) is 0 Å². The molecular weight excluding hydrogens is 239 g/mol. The van der Waals surface area contributed by atoms with Gasteiger partial charge in [-0.2, -0.15) is 0 Å². The molecule has 2 rings (SSSR count). The number of benzene rings is 1. The van der Waals surface area contributed by atoms with Gasteiger partial charge in [0.1, 0.15) is 6.61 Å². The van der Waals surface area contributed by atoms with Crippen molar-refractivity contribution in [2.24, 2.45) is 5.73 Å². The predicted octanol–water partition coefficient (Wildman–Crippen LogP) is 2.63. The third-order valence-electron chi connectivity index (χ3n) is 2.27. The van der Waals surface area contributed by atoms with Gasteiger partial charge in [0.05, 0.1) is 9.88 Å². The Morgan fingerprint density at radius 2 is 2.29 bits per heavy atom. The van der Waals surface area contributed by atoms with Gasteiger partial charge in [-0.15, -0.1) is 11.3 Å².